The zero-order chi connectivity index (χ0) is 25.2. The van der Waals surface area contributed by atoms with Gasteiger partial charge in [0, 0.05) is 23.4 Å². The zero-order valence-corrected chi connectivity index (χ0v) is 20.7. The standard InChI is InChI=1S/C28H33N3O3/c1-15(2)13-24-23(14-29)25(20-9-7-16(3)8-10-20)26(19(6)30-24)31-27(32)21-11-12-22(28(33)34)18(5)17(21)4/h7-12,15H,13-14,29H2,1-6H3,(H,31,32)(H,33,34). The number of nitrogens with two attached hydrogens (primary N) is 1. The van der Waals surface area contributed by atoms with Gasteiger partial charge in [-0.1, -0.05) is 43.7 Å². The van der Waals surface area contributed by atoms with Crippen LogP contribution in [-0.4, -0.2) is 22.0 Å². The van der Waals surface area contributed by atoms with Crippen LogP contribution < -0.4 is 11.1 Å². The van der Waals surface area contributed by atoms with E-state index < -0.39 is 5.97 Å². The van der Waals surface area contributed by atoms with E-state index >= 15 is 0 Å². The monoisotopic (exact) mass is 459 g/mol. The summed E-state index contributed by atoms with van der Waals surface area (Å²) in [7, 11) is 0. The van der Waals surface area contributed by atoms with Crippen molar-refractivity contribution in [3.05, 3.63) is 81.2 Å². The molecular formula is C28H33N3O3. The molecule has 0 aliphatic rings. The van der Waals surface area contributed by atoms with E-state index in [1.165, 1.54) is 6.07 Å². The predicted octanol–water partition coefficient (Wildman–Crippen LogP) is 5.59. The van der Waals surface area contributed by atoms with E-state index in [0.717, 1.165) is 34.4 Å². The molecule has 3 rings (SSSR count). The number of anilines is 1. The number of nitrogens with zero attached hydrogens (tertiary/aromatic N) is 1. The summed E-state index contributed by atoms with van der Waals surface area (Å²) in [6, 6.07) is 11.2. The second kappa shape index (κ2) is 10.2. The molecule has 6 nitrogen and oxygen atoms in total. The van der Waals surface area contributed by atoms with Crippen molar-refractivity contribution in [3.8, 4) is 11.1 Å². The molecule has 0 atom stereocenters. The van der Waals surface area contributed by atoms with Gasteiger partial charge in [-0.2, -0.15) is 0 Å². The molecule has 1 heterocycles. The second-order valence-corrected chi connectivity index (χ2v) is 9.21. The predicted molar refractivity (Wildman–Crippen MR) is 136 cm³/mol. The Morgan fingerprint density at radius 2 is 1.56 bits per heavy atom. The van der Waals surface area contributed by atoms with E-state index in [1.807, 2.05) is 38.1 Å². The molecule has 34 heavy (non-hydrogen) atoms. The molecule has 0 aliphatic heterocycles. The van der Waals surface area contributed by atoms with Crippen molar-refractivity contribution < 1.29 is 14.7 Å². The van der Waals surface area contributed by atoms with Crippen LogP contribution in [0.2, 0.25) is 0 Å². The maximum Gasteiger partial charge on any atom is 0.335 e. The Kier molecular flexibility index (Phi) is 7.52. The van der Waals surface area contributed by atoms with Crippen molar-refractivity contribution >= 4 is 17.6 Å². The first-order valence-corrected chi connectivity index (χ1v) is 11.5. The minimum atomic E-state index is -1.01. The minimum absolute atomic E-state index is 0.190. The van der Waals surface area contributed by atoms with Crippen molar-refractivity contribution in [3.63, 3.8) is 0 Å². The Bertz CT molecular complexity index is 1240. The Balaban J connectivity index is 2.18. The number of aromatic nitrogens is 1. The van der Waals surface area contributed by atoms with Gasteiger partial charge in [-0.25, -0.2) is 4.79 Å². The first-order chi connectivity index (χ1) is 16.0. The largest absolute Gasteiger partial charge is 0.478 e. The number of benzene rings is 2. The number of carbonyl (C=O) groups excluding carboxylic acids is 1. The number of hydrogen-bond acceptors (Lipinski definition) is 4. The van der Waals surface area contributed by atoms with E-state index in [2.05, 4.69) is 19.2 Å². The van der Waals surface area contributed by atoms with Crippen LogP contribution in [0.1, 0.15) is 68.2 Å². The molecule has 0 unspecified atom stereocenters. The third-order valence-corrected chi connectivity index (χ3v) is 6.21. The molecule has 6 heteroatoms. The van der Waals surface area contributed by atoms with E-state index in [-0.39, 0.29) is 11.5 Å². The van der Waals surface area contributed by atoms with E-state index in [1.54, 1.807) is 19.9 Å². The van der Waals surface area contributed by atoms with Crippen LogP contribution in [-0.2, 0) is 13.0 Å². The molecule has 0 bridgehead atoms. The van der Waals surface area contributed by atoms with Crippen molar-refractivity contribution in [1.29, 1.82) is 0 Å². The highest BCUT2D eigenvalue weighted by atomic mass is 16.4. The van der Waals surface area contributed by atoms with Crippen LogP contribution >= 0.6 is 0 Å². The Hall–Kier alpha value is -3.51. The summed E-state index contributed by atoms with van der Waals surface area (Å²) in [4.78, 5) is 29.7. The number of aromatic carboxylic acids is 1. The van der Waals surface area contributed by atoms with Gasteiger partial charge in [0.2, 0.25) is 0 Å². The number of pyridine rings is 1. The summed E-state index contributed by atoms with van der Waals surface area (Å²) >= 11 is 0. The molecule has 2 aromatic carbocycles. The number of nitrogens with one attached hydrogen (secondary N) is 1. The van der Waals surface area contributed by atoms with Crippen molar-refractivity contribution in [1.82, 2.24) is 4.98 Å². The Morgan fingerprint density at radius 3 is 2.12 bits per heavy atom. The molecule has 178 valence electrons. The number of rotatable bonds is 7. The number of carboxylic acid groups (broad SMARTS) is 1. The normalized spacial score (nSPS) is 11.1. The zero-order valence-electron chi connectivity index (χ0n) is 20.7. The van der Waals surface area contributed by atoms with Gasteiger partial charge in [0.25, 0.3) is 5.91 Å². The Morgan fingerprint density at radius 1 is 0.971 bits per heavy atom. The van der Waals surface area contributed by atoms with Crippen molar-refractivity contribution in [2.24, 2.45) is 11.7 Å². The fourth-order valence-electron chi connectivity index (χ4n) is 4.25. The van der Waals surface area contributed by atoms with Gasteiger partial charge in [0.05, 0.1) is 16.9 Å². The molecule has 0 radical (unpaired) electrons. The molecule has 0 saturated heterocycles. The van der Waals surface area contributed by atoms with Crippen LogP contribution in [0.15, 0.2) is 36.4 Å². The van der Waals surface area contributed by atoms with E-state index in [0.29, 0.717) is 40.5 Å². The van der Waals surface area contributed by atoms with Gasteiger partial charge < -0.3 is 16.2 Å². The van der Waals surface area contributed by atoms with Gasteiger partial charge >= 0.3 is 5.97 Å². The molecule has 0 aliphatic carbocycles. The van der Waals surface area contributed by atoms with Crippen molar-refractivity contribution in [2.75, 3.05) is 5.32 Å². The highest BCUT2D eigenvalue weighted by Gasteiger charge is 2.22. The lowest BCUT2D eigenvalue weighted by Crippen LogP contribution is -2.19. The quantitative estimate of drug-likeness (QED) is 0.427. The van der Waals surface area contributed by atoms with E-state index in [4.69, 9.17) is 10.7 Å². The summed E-state index contributed by atoms with van der Waals surface area (Å²) in [5.74, 6) is -0.917. The molecule has 4 N–H and O–H groups in total. The van der Waals surface area contributed by atoms with Gasteiger partial charge in [-0.05, 0) is 74.4 Å². The second-order valence-electron chi connectivity index (χ2n) is 9.21. The fourth-order valence-corrected chi connectivity index (χ4v) is 4.25. The van der Waals surface area contributed by atoms with Crippen LogP contribution in [0, 0.1) is 33.6 Å². The summed E-state index contributed by atoms with van der Waals surface area (Å²) in [6.45, 7) is 12.0. The first kappa shape index (κ1) is 25.1. The maximum absolute atomic E-state index is 13.4. The van der Waals surface area contributed by atoms with Crippen LogP contribution in [0.4, 0.5) is 5.69 Å². The highest BCUT2D eigenvalue weighted by Crippen LogP contribution is 2.36. The van der Waals surface area contributed by atoms with E-state index in [9.17, 15) is 14.7 Å². The van der Waals surface area contributed by atoms with Crippen LogP contribution in [0.5, 0.6) is 0 Å². The highest BCUT2D eigenvalue weighted by molar-refractivity contribution is 6.08. The average molecular weight is 460 g/mol. The van der Waals surface area contributed by atoms with Gasteiger partial charge in [-0.15, -0.1) is 0 Å². The number of aryl methyl sites for hydroxylation is 2. The maximum atomic E-state index is 13.4. The molecule has 0 saturated carbocycles. The molecular weight excluding hydrogens is 426 g/mol. The first-order valence-electron chi connectivity index (χ1n) is 11.5. The fraction of sp³-hybridized carbons (Fsp3) is 0.321. The summed E-state index contributed by atoms with van der Waals surface area (Å²) in [5.41, 5.74) is 14.3. The molecule has 0 fully saturated rings. The summed E-state index contributed by atoms with van der Waals surface area (Å²) < 4.78 is 0. The average Bonchev–Trinajstić information content (AvgIpc) is 2.77. The third-order valence-electron chi connectivity index (χ3n) is 6.21. The molecule has 0 spiro atoms. The summed E-state index contributed by atoms with van der Waals surface area (Å²) in [6.07, 6.45) is 0.787. The van der Waals surface area contributed by atoms with Crippen molar-refractivity contribution in [2.45, 2.75) is 54.5 Å². The Labute approximate surface area is 201 Å². The number of carboxylic acids is 1. The van der Waals surface area contributed by atoms with Gasteiger partial charge in [0.1, 0.15) is 0 Å². The number of amides is 1. The molecule has 1 aromatic heterocycles. The topological polar surface area (TPSA) is 105 Å². The number of hydrogen-bond donors (Lipinski definition) is 3. The van der Waals surface area contributed by atoms with Gasteiger partial charge in [0.15, 0.2) is 0 Å². The van der Waals surface area contributed by atoms with Gasteiger partial charge in [-0.3, -0.25) is 9.78 Å². The smallest absolute Gasteiger partial charge is 0.335 e. The lowest BCUT2D eigenvalue weighted by molar-refractivity contribution is 0.0695. The SMILES string of the molecule is Cc1ccc(-c2c(CN)c(CC(C)C)nc(C)c2NC(=O)c2ccc(C(=O)O)c(C)c2C)cc1. The minimum Gasteiger partial charge on any atom is -0.478 e. The lowest BCUT2D eigenvalue weighted by atomic mass is 9.92. The third kappa shape index (κ3) is 5.02. The summed E-state index contributed by atoms with van der Waals surface area (Å²) in [5, 5.41) is 12.5. The van der Waals surface area contributed by atoms with Crippen LogP contribution in [0.3, 0.4) is 0 Å². The molecule has 1 amide bonds. The van der Waals surface area contributed by atoms with Crippen LogP contribution in [0.25, 0.3) is 11.1 Å². The number of carbonyl (C=O) groups is 2. The molecule has 3 aromatic rings. The lowest BCUT2D eigenvalue weighted by Gasteiger charge is -2.22.